The number of fused-ring (bicyclic) bond motifs is 1. The number of halogens is 4. The van der Waals surface area contributed by atoms with Crippen LogP contribution in [-0.4, -0.2) is 11.3 Å². The van der Waals surface area contributed by atoms with Crippen molar-refractivity contribution in [2.75, 3.05) is 0 Å². The number of alkyl halides is 3. The zero-order valence-electron chi connectivity index (χ0n) is 12.2. The number of benzene rings is 2. The van der Waals surface area contributed by atoms with Gasteiger partial charge in [0, 0.05) is 10.9 Å². The first-order valence-electron chi connectivity index (χ1n) is 7.00. The van der Waals surface area contributed by atoms with E-state index < -0.39 is 12.4 Å². The average molecular weight is 353 g/mol. The molecule has 2 aromatic carbocycles. The van der Waals surface area contributed by atoms with E-state index in [-0.39, 0.29) is 10.9 Å². The first kappa shape index (κ1) is 16.5. The summed E-state index contributed by atoms with van der Waals surface area (Å²) in [5, 5.41) is 1.14. The summed E-state index contributed by atoms with van der Waals surface area (Å²) in [5.41, 5.74) is 8.14. The first-order chi connectivity index (χ1) is 11.3. The van der Waals surface area contributed by atoms with Gasteiger partial charge in [0.2, 0.25) is 0 Å². The lowest BCUT2D eigenvalue weighted by Gasteiger charge is -2.15. The second-order valence-corrected chi connectivity index (χ2v) is 5.51. The Morgan fingerprint density at radius 2 is 1.71 bits per heavy atom. The SMILES string of the molecule is N[C@@H](c1ccc(OC(F)(F)F)cc1)c1cc2ccccc2nc1Cl. The van der Waals surface area contributed by atoms with E-state index in [1.165, 1.54) is 24.3 Å². The molecule has 7 heteroatoms. The van der Waals surface area contributed by atoms with Crippen LogP contribution in [0.2, 0.25) is 5.15 Å². The van der Waals surface area contributed by atoms with E-state index in [2.05, 4.69) is 9.72 Å². The average Bonchev–Trinajstić information content (AvgIpc) is 2.53. The van der Waals surface area contributed by atoms with Gasteiger partial charge >= 0.3 is 6.36 Å². The van der Waals surface area contributed by atoms with Crippen molar-refractivity contribution in [3.63, 3.8) is 0 Å². The summed E-state index contributed by atoms with van der Waals surface area (Å²) >= 11 is 6.20. The molecule has 0 spiro atoms. The number of pyridine rings is 1. The predicted molar refractivity (Wildman–Crippen MR) is 85.9 cm³/mol. The van der Waals surface area contributed by atoms with Crippen molar-refractivity contribution >= 4 is 22.5 Å². The van der Waals surface area contributed by atoms with Gasteiger partial charge in [0.25, 0.3) is 0 Å². The van der Waals surface area contributed by atoms with Crippen molar-refractivity contribution in [1.82, 2.24) is 4.98 Å². The Balaban J connectivity index is 1.91. The smallest absolute Gasteiger partial charge is 0.406 e. The van der Waals surface area contributed by atoms with Crippen LogP contribution in [0.25, 0.3) is 10.9 Å². The van der Waals surface area contributed by atoms with Crippen LogP contribution in [0.3, 0.4) is 0 Å². The van der Waals surface area contributed by atoms with Gasteiger partial charge in [0.05, 0.1) is 11.6 Å². The molecular weight excluding hydrogens is 341 g/mol. The standard InChI is InChI=1S/C17H12ClF3N2O/c18-16-13(9-11-3-1-2-4-14(11)23-16)15(22)10-5-7-12(8-6-10)24-17(19,20)21/h1-9,15H,22H2/t15-/m0/s1. The minimum atomic E-state index is -4.73. The maximum Gasteiger partial charge on any atom is 0.573 e. The van der Waals surface area contributed by atoms with Gasteiger partial charge in [-0.2, -0.15) is 0 Å². The molecule has 1 aromatic heterocycles. The van der Waals surface area contributed by atoms with Crippen molar-refractivity contribution in [1.29, 1.82) is 0 Å². The highest BCUT2D eigenvalue weighted by molar-refractivity contribution is 6.30. The van der Waals surface area contributed by atoms with Crippen molar-refractivity contribution in [2.24, 2.45) is 5.73 Å². The Morgan fingerprint density at radius 1 is 1.04 bits per heavy atom. The summed E-state index contributed by atoms with van der Waals surface area (Å²) in [6.07, 6.45) is -4.73. The molecule has 1 heterocycles. The van der Waals surface area contributed by atoms with E-state index in [0.717, 1.165) is 10.9 Å². The van der Waals surface area contributed by atoms with Crippen LogP contribution < -0.4 is 10.5 Å². The molecule has 3 nitrogen and oxygen atoms in total. The highest BCUT2D eigenvalue weighted by Gasteiger charge is 2.31. The molecule has 0 aliphatic heterocycles. The normalized spacial score (nSPS) is 13.0. The van der Waals surface area contributed by atoms with Crippen LogP contribution in [0.5, 0.6) is 5.75 Å². The van der Waals surface area contributed by atoms with Gasteiger partial charge < -0.3 is 10.5 Å². The van der Waals surface area contributed by atoms with Crippen LogP contribution in [0.1, 0.15) is 17.2 Å². The third-order valence-corrected chi connectivity index (χ3v) is 3.82. The minimum Gasteiger partial charge on any atom is -0.406 e. The molecule has 0 bridgehead atoms. The third kappa shape index (κ3) is 3.60. The lowest BCUT2D eigenvalue weighted by Crippen LogP contribution is -2.17. The van der Waals surface area contributed by atoms with E-state index in [1.807, 2.05) is 30.3 Å². The fraction of sp³-hybridized carbons (Fsp3) is 0.118. The summed E-state index contributed by atoms with van der Waals surface area (Å²) in [5.74, 6) is -0.304. The number of aromatic nitrogens is 1. The summed E-state index contributed by atoms with van der Waals surface area (Å²) in [6.45, 7) is 0. The summed E-state index contributed by atoms with van der Waals surface area (Å²) in [7, 11) is 0. The molecule has 0 amide bonds. The number of hydrogen-bond acceptors (Lipinski definition) is 3. The zero-order valence-corrected chi connectivity index (χ0v) is 13.0. The second kappa shape index (κ2) is 6.30. The monoisotopic (exact) mass is 352 g/mol. The van der Waals surface area contributed by atoms with Gasteiger partial charge in [-0.1, -0.05) is 41.9 Å². The van der Waals surface area contributed by atoms with Crippen LogP contribution >= 0.6 is 11.6 Å². The lowest BCUT2D eigenvalue weighted by atomic mass is 9.99. The molecule has 0 aliphatic carbocycles. The minimum absolute atomic E-state index is 0.261. The Labute approximate surface area is 140 Å². The molecule has 0 radical (unpaired) electrons. The number of hydrogen-bond donors (Lipinski definition) is 1. The van der Waals surface area contributed by atoms with Gasteiger partial charge in [-0.3, -0.25) is 0 Å². The van der Waals surface area contributed by atoms with E-state index in [1.54, 1.807) is 0 Å². The van der Waals surface area contributed by atoms with Crippen molar-refractivity contribution in [3.05, 3.63) is 70.9 Å². The number of ether oxygens (including phenoxy) is 1. The molecule has 0 aliphatic rings. The van der Waals surface area contributed by atoms with Crippen LogP contribution in [0.4, 0.5) is 13.2 Å². The van der Waals surface area contributed by atoms with Gasteiger partial charge in [-0.15, -0.1) is 13.2 Å². The molecule has 3 aromatic rings. The molecule has 0 fully saturated rings. The highest BCUT2D eigenvalue weighted by atomic mass is 35.5. The predicted octanol–water partition coefficient (Wildman–Crippen LogP) is 4.83. The van der Waals surface area contributed by atoms with Crippen LogP contribution in [-0.2, 0) is 0 Å². The molecule has 124 valence electrons. The maximum atomic E-state index is 12.2. The largest absolute Gasteiger partial charge is 0.573 e. The molecule has 3 rings (SSSR count). The topological polar surface area (TPSA) is 48.1 Å². The summed E-state index contributed by atoms with van der Waals surface area (Å²) < 4.78 is 40.4. The fourth-order valence-corrected chi connectivity index (χ4v) is 2.65. The Bertz CT molecular complexity index is 866. The fourth-order valence-electron chi connectivity index (χ4n) is 2.38. The Morgan fingerprint density at radius 3 is 2.38 bits per heavy atom. The molecule has 0 saturated carbocycles. The molecule has 24 heavy (non-hydrogen) atoms. The number of para-hydroxylation sites is 1. The maximum absolute atomic E-state index is 12.2. The Kier molecular flexibility index (Phi) is 4.34. The van der Waals surface area contributed by atoms with E-state index in [0.29, 0.717) is 11.1 Å². The van der Waals surface area contributed by atoms with Crippen LogP contribution in [0.15, 0.2) is 54.6 Å². The number of nitrogens with two attached hydrogens (primary N) is 1. The van der Waals surface area contributed by atoms with E-state index >= 15 is 0 Å². The zero-order chi connectivity index (χ0) is 17.3. The van der Waals surface area contributed by atoms with Crippen molar-refractivity contribution in [3.8, 4) is 5.75 Å². The summed E-state index contributed by atoms with van der Waals surface area (Å²) in [6, 6.07) is 14.0. The first-order valence-corrected chi connectivity index (χ1v) is 7.38. The third-order valence-electron chi connectivity index (χ3n) is 3.51. The molecule has 0 unspecified atom stereocenters. The second-order valence-electron chi connectivity index (χ2n) is 5.16. The summed E-state index contributed by atoms with van der Waals surface area (Å²) in [4.78, 5) is 4.30. The van der Waals surface area contributed by atoms with Gasteiger partial charge in [-0.25, -0.2) is 4.98 Å². The van der Waals surface area contributed by atoms with Gasteiger partial charge in [0.15, 0.2) is 0 Å². The van der Waals surface area contributed by atoms with Crippen LogP contribution in [0, 0.1) is 0 Å². The highest BCUT2D eigenvalue weighted by Crippen LogP contribution is 2.30. The van der Waals surface area contributed by atoms with Crippen molar-refractivity contribution < 1.29 is 17.9 Å². The molecular formula is C17H12ClF3N2O. The lowest BCUT2D eigenvalue weighted by molar-refractivity contribution is -0.274. The van der Waals surface area contributed by atoms with Crippen molar-refractivity contribution in [2.45, 2.75) is 12.4 Å². The van der Waals surface area contributed by atoms with Gasteiger partial charge in [-0.05, 0) is 29.8 Å². The Hall–Kier alpha value is -2.31. The molecule has 0 saturated heterocycles. The quantitative estimate of drug-likeness (QED) is 0.686. The number of rotatable bonds is 3. The van der Waals surface area contributed by atoms with E-state index in [4.69, 9.17) is 17.3 Å². The molecule has 2 N–H and O–H groups in total. The van der Waals surface area contributed by atoms with E-state index in [9.17, 15) is 13.2 Å². The van der Waals surface area contributed by atoms with Gasteiger partial charge in [0.1, 0.15) is 10.9 Å². The number of nitrogens with zero attached hydrogens (tertiary/aromatic N) is 1. The molecule has 1 atom stereocenters.